The van der Waals surface area contributed by atoms with Crippen LogP contribution in [0.1, 0.15) is 19.8 Å². The third kappa shape index (κ3) is 4.98. The van der Waals surface area contributed by atoms with E-state index in [-0.39, 0.29) is 18.2 Å². The zero-order valence-corrected chi connectivity index (χ0v) is 15.6. The number of nitrogens with zero attached hydrogens (tertiary/aromatic N) is 2. The summed E-state index contributed by atoms with van der Waals surface area (Å²) >= 11 is 1.37. The fraction of sp³-hybridized carbons (Fsp3) is 0.500. The number of carbonyl (C=O) groups excluding carboxylic acids is 2. The summed E-state index contributed by atoms with van der Waals surface area (Å²) in [6, 6.07) is 7.23. The second-order valence-electron chi connectivity index (χ2n) is 6.06. The molecular weight excluding hydrogens is 354 g/mol. The number of amides is 2. The van der Waals surface area contributed by atoms with Crippen LogP contribution in [0.3, 0.4) is 0 Å². The van der Waals surface area contributed by atoms with Crippen molar-refractivity contribution in [2.45, 2.75) is 25.0 Å². The SMILES string of the molecule is CCCOc1ccc(NC(=O)CC2SC(N3CCOCC3)=NC2=O)cc1. The Kier molecular flexibility index (Phi) is 6.51. The van der Waals surface area contributed by atoms with E-state index >= 15 is 0 Å². The molecule has 2 aliphatic heterocycles. The van der Waals surface area contributed by atoms with Crippen molar-refractivity contribution in [3.8, 4) is 5.75 Å². The molecule has 0 saturated carbocycles. The molecular formula is C18H23N3O4S. The molecule has 1 aromatic carbocycles. The minimum atomic E-state index is -0.458. The third-order valence-corrected chi connectivity index (χ3v) is 5.21. The molecule has 0 aliphatic carbocycles. The average molecular weight is 377 g/mol. The first-order valence-electron chi connectivity index (χ1n) is 8.80. The molecule has 2 aliphatic rings. The summed E-state index contributed by atoms with van der Waals surface area (Å²) in [6.45, 7) is 5.44. The Balaban J connectivity index is 1.48. The molecule has 3 rings (SSSR count). The minimum absolute atomic E-state index is 0.106. The normalized spacial score (nSPS) is 20.0. The molecule has 0 aromatic heterocycles. The first-order valence-corrected chi connectivity index (χ1v) is 9.68. The van der Waals surface area contributed by atoms with E-state index in [1.54, 1.807) is 12.1 Å². The van der Waals surface area contributed by atoms with Crippen molar-refractivity contribution in [2.24, 2.45) is 4.99 Å². The molecule has 1 aromatic rings. The molecule has 0 bridgehead atoms. The maximum Gasteiger partial charge on any atom is 0.262 e. The van der Waals surface area contributed by atoms with E-state index in [4.69, 9.17) is 9.47 Å². The summed E-state index contributed by atoms with van der Waals surface area (Å²) in [5.74, 6) is 0.335. The molecule has 0 radical (unpaired) electrons. The van der Waals surface area contributed by atoms with Gasteiger partial charge in [0.15, 0.2) is 5.17 Å². The van der Waals surface area contributed by atoms with Crippen molar-refractivity contribution in [3.63, 3.8) is 0 Å². The Labute approximate surface area is 157 Å². The molecule has 0 spiro atoms. The summed E-state index contributed by atoms with van der Waals surface area (Å²) in [5, 5.41) is 3.07. The molecule has 26 heavy (non-hydrogen) atoms. The van der Waals surface area contributed by atoms with Gasteiger partial charge in [0.1, 0.15) is 11.0 Å². The molecule has 1 N–H and O–H groups in total. The monoisotopic (exact) mass is 377 g/mol. The van der Waals surface area contributed by atoms with Gasteiger partial charge in [0, 0.05) is 25.2 Å². The highest BCUT2D eigenvalue weighted by molar-refractivity contribution is 8.15. The van der Waals surface area contributed by atoms with Crippen molar-refractivity contribution in [1.82, 2.24) is 4.90 Å². The number of ether oxygens (including phenoxy) is 2. The van der Waals surface area contributed by atoms with Gasteiger partial charge in [0.05, 0.1) is 19.8 Å². The lowest BCUT2D eigenvalue weighted by Gasteiger charge is -2.27. The number of aliphatic imine (C=N–C) groups is 1. The van der Waals surface area contributed by atoms with Crippen LogP contribution in [0, 0.1) is 0 Å². The minimum Gasteiger partial charge on any atom is -0.494 e. The van der Waals surface area contributed by atoms with Crippen molar-refractivity contribution in [1.29, 1.82) is 0 Å². The van der Waals surface area contributed by atoms with E-state index in [0.29, 0.717) is 30.7 Å². The highest BCUT2D eigenvalue weighted by atomic mass is 32.2. The molecule has 8 heteroatoms. The van der Waals surface area contributed by atoms with Crippen molar-refractivity contribution in [2.75, 3.05) is 38.2 Å². The van der Waals surface area contributed by atoms with Gasteiger partial charge in [-0.15, -0.1) is 0 Å². The number of hydrogen-bond acceptors (Lipinski definition) is 6. The number of nitrogens with one attached hydrogen (secondary N) is 1. The van der Waals surface area contributed by atoms with Gasteiger partial charge < -0.3 is 19.7 Å². The summed E-state index contributed by atoms with van der Waals surface area (Å²) in [7, 11) is 0. The van der Waals surface area contributed by atoms with Crippen LogP contribution in [-0.4, -0.2) is 60.0 Å². The molecule has 140 valence electrons. The van der Waals surface area contributed by atoms with Crippen LogP contribution in [0.2, 0.25) is 0 Å². The van der Waals surface area contributed by atoms with Crippen LogP contribution >= 0.6 is 11.8 Å². The molecule has 1 unspecified atom stereocenters. The lowest BCUT2D eigenvalue weighted by molar-refractivity contribution is -0.121. The first-order chi connectivity index (χ1) is 12.7. The lowest BCUT2D eigenvalue weighted by Crippen LogP contribution is -2.39. The van der Waals surface area contributed by atoms with E-state index < -0.39 is 5.25 Å². The second kappa shape index (κ2) is 9.05. The van der Waals surface area contributed by atoms with Gasteiger partial charge in [0.2, 0.25) is 5.91 Å². The third-order valence-electron chi connectivity index (χ3n) is 3.99. The quantitative estimate of drug-likeness (QED) is 0.818. The van der Waals surface area contributed by atoms with E-state index in [2.05, 4.69) is 10.3 Å². The number of morpholine rings is 1. The number of rotatable bonds is 6. The van der Waals surface area contributed by atoms with Gasteiger partial charge in [-0.25, -0.2) is 0 Å². The van der Waals surface area contributed by atoms with Crippen LogP contribution in [-0.2, 0) is 14.3 Å². The number of amidine groups is 1. The Morgan fingerprint density at radius 3 is 2.77 bits per heavy atom. The molecule has 1 fully saturated rings. The van der Waals surface area contributed by atoms with E-state index in [1.807, 2.05) is 24.0 Å². The summed E-state index contributed by atoms with van der Waals surface area (Å²) in [4.78, 5) is 30.5. The average Bonchev–Trinajstić information content (AvgIpc) is 3.02. The predicted molar refractivity (Wildman–Crippen MR) is 102 cm³/mol. The Morgan fingerprint density at radius 1 is 1.35 bits per heavy atom. The van der Waals surface area contributed by atoms with Crippen LogP contribution in [0.5, 0.6) is 5.75 Å². The van der Waals surface area contributed by atoms with Gasteiger partial charge >= 0.3 is 0 Å². The highest BCUT2D eigenvalue weighted by Gasteiger charge is 2.33. The zero-order valence-electron chi connectivity index (χ0n) is 14.8. The van der Waals surface area contributed by atoms with Gasteiger partial charge in [-0.05, 0) is 30.7 Å². The summed E-state index contributed by atoms with van der Waals surface area (Å²) in [5.41, 5.74) is 0.684. The second-order valence-corrected chi connectivity index (χ2v) is 7.23. The molecule has 1 atom stereocenters. The van der Waals surface area contributed by atoms with Crippen molar-refractivity contribution in [3.05, 3.63) is 24.3 Å². The Hall–Kier alpha value is -2.06. The molecule has 1 saturated heterocycles. The van der Waals surface area contributed by atoms with Gasteiger partial charge in [-0.3, -0.25) is 9.59 Å². The fourth-order valence-electron chi connectivity index (χ4n) is 2.63. The number of thioether (sulfide) groups is 1. The van der Waals surface area contributed by atoms with Gasteiger partial charge in [-0.2, -0.15) is 4.99 Å². The molecule has 7 nitrogen and oxygen atoms in total. The smallest absolute Gasteiger partial charge is 0.262 e. The highest BCUT2D eigenvalue weighted by Crippen LogP contribution is 2.28. The standard InChI is InChI=1S/C18H23N3O4S/c1-2-9-25-14-5-3-13(4-6-14)19-16(22)12-15-17(23)20-18(26-15)21-7-10-24-11-8-21/h3-6,15H,2,7-12H2,1H3,(H,19,22). The largest absolute Gasteiger partial charge is 0.494 e. The predicted octanol–water partition coefficient (Wildman–Crippen LogP) is 2.13. The summed E-state index contributed by atoms with van der Waals surface area (Å²) < 4.78 is 10.8. The van der Waals surface area contributed by atoms with Crippen molar-refractivity contribution >= 4 is 34.4 Å². The number of anilines is 1. The van der Waals surface area contributed by atoms with Crippen LogP contribution in [0.15, 0.2) is 29.3 Å². The van der Waals surface area contributed by atoms with E-state index in [0.717, 1.165) is 25.3 Å². The number of hydrogen-bond donors (Lipinski definition) is 1. The molecule has 2 amide bonds. The van der Waals surface area contributed by atoms with Crippen LogP contribution in [0.25, 0.3) is 0 Å². The Morgan fingerprint density at radius 2 is 2.08 bits per heavy atom. The van der Waals surface area contributed by atoms with Crippen LogP contribution in [0.4, 0.5) is 5.69 Å². The zero-order chi connectivity index (χ0) is 18.4. The van der Waals surface area contributed by atoms with E-state index in [1.165, 1.54) is 11.8 Å². The van der Waals surface area contributed by atoms with E-state index in [9.17, 15) is 9.59 Å². The topological polar surface area (TPSA) is 80.2 Å². The lowest BCUT2D eigenvalue weighted by atomic mass is 10.2. The van der Waals surface area contributed by atoms with Gasteiger partial charge in [0.25, 0.3) is 5.91 Å². The molecule has 2 heterocycles. The maximum atomic E-state index is 12.3. The van der Waals surface area contributed by atoms with Crippen LogP contribution < -0.4 is 10.1 Å². The maximum absolute atomic E-state index is 12.3. The first kappa shape index (κ1) is 18.7. The van der Waals surface area contributed by atoms with Crippen molar-refractivity contribution < 1.29 is 19.1 Å². The summed E-state index contributed by atoms with van der Waals surface area (Å²) in [6.07, 6.45) is 1.05. The Bertz CT molecular complexity index is 672. The fourth-order valence-corrected chi connectivity index (χ4v) is 3.75. The number of carbonyl (C=O) groups is 2. The number of benzene rings is 1. The van der Waals surface area contributed by atoms with Gasteiger partial charge in [-0.1, -0.05) is 18.7 Å².